The van der Waals surface area contributed by atoms with Crippen molar-refractivity contribution in [2.45, 2.75) is 30.7 Å². The summed E-state index contributed by atoms with van der Waals surface area (Å²) in [7, 11) is 0. The van der Waals surface area contributed by atoms with Gasteiger partial charge >= 0.3 is 35.8 Å². The summed E-state index contributed by atoms with van der Waals surface area (Å²) in [6.07, 6.45) is -12.6. The summed E-state index contributed by atoms with van der Waals surface area (Å²) in [6, 6.07) is 4.64. The maximum Gasteiger partial charge on any atom is 0.347 e. The number of carbonyl (C=O) groups excluding carboxylic acids is 6. The molecule has 3 aliphatic rings. The van der Waals surface area contributed by atoms with E-state index in [0.717, 1.165) is 0 Å². The van der Waals surface area contributed by atoms with Gasteiger partial charge in [-0.05, 0) is 42.5 Å². The average Bonchev–Trinajstić information content (AvgIpc) is 3.59. The molecule has 0 unspecified atom stereocenters. The maximum absolute atomic E-state index is 14.8. The minimum atomic E-state index is -2.63. The first-order chi connectivity index (χ1) is 36.7. The summed E-state index contributed by atoms with van der Waals surface area (Å²) in [5, 5.41) is 168. The summed E-state index contributed by atoms with van der Waals surface area (Å²) in [4.78, 5) is 84.8. The number of fused-ring (bicyclic) bond motifs is 6. The zero-order valence-electron chi connectivity index (χ0n) is 38.2. The van der Waals surface area contributed by atoms with Crippen molar-refractivity contribution in [1.29, 1.82) is 0 Å². The van der Waals surface area contributed by atoms with E-state index < -0.39 is 227 Å². The fourth-order valence-electron chi connectivity index (χ4n) is 8.07. The lowest BCUT2D eigenvalue weighted by Gasteiger charge is -2.43. The van der Waals surface area contributed by atoms with E-state index in [4.69, 9.17) is 37.9 Å². The number of phenols is 16. The van der Waals surface area contributed by atoms with Crippen LogP contribution in [0.2, 0.25) is 0 Å². The fourth-order valence-corrected chi connectivity index (χ4v) is 8.07. The monoisotopic (exact) mass is 1090 g/mol. The molecule has 3 aliphatic heterocycles. The van der Waals surface area contributed by atoms with Crippen molar-refractivity contribution in [3.63, 3.8) is 0 Å². The van der Waals surface area contributed by atoms with Crippen molar-refractivity contribution in [2.24, 2.45) is 0 Å². The highest BCUT2D eigenvalue weighted by molar-refractivity contribution is 6.09. The number of hydrogen-bond acceptors (Lipinski definition) is 30. The highest BCUT2D eigenvalue weighted by Gasteiger charge is 2.55. The van der Waals surface area contributed by atoms with E-state index in [9.17, 15) is 110 Å². The van der Waals surface area contributed by atoms with Crippen LogP contribution in [-0.4, -0.2) is 155 Å². The third-order valence-corrected chi connectivity index (χ3v) is 11.8. The maximum atomic E-state index is 14.8. The van der Waals surface area contributed by atoms with Crippen molar-refractivity contribution < 1.29 is 148 Å². The van der Waals surface area contributed by atoms with Crippen molar-refractivity contribution >= 4 is 35.8 Å². The Morgan fingerprint density at radius 1 is 0.410 bits per heavy atom. The number of rotatable bonds is 6. The molecule has 0 bridgehead atoms. The number of benzene rings is 6. The molecule has 78 heavy (non-hydrogen) atoms. The molecular formula is C48H32O30. The van der Waals surface area contributed by atoms with Gasteiger partial charge in [0.25, 0.3) is 0 Å². The van der Waals surface area contributed by atoms with Gasteiger partial charge in [-0.1, -0.05) is 0 Å². The molecule has 3 heterocycles. The number of ether oxygens (including phenoxy) is 8. The van der Waals surface area contributed by atoms with E-state index in [1.165, 1.54) is 0 Å². The number of phenolic OH excluding ortho intramolecular Hbond substituents is 16. The van der Waals surface area contributed by atoms with Crippen molar-refractivity contribution in [1.82, 2.24) is 0 Å². The van der Waals surface area contributed by atoms with Crippen LogP contribution in [0.5, 0.6) is 109 Å². The highest BCUT2D eigenvalue weighted by Crippen LogP contribution is 2.57. The molecule has 0 spiro atoms. The van der Waals surface area contributed by atoms with Crippen LogP contribution in [0, 0.1) is 0 Å². The van der Waals surface area contributed by atoms with Gasteiger partial charge < -0.3 is 120 Å². The van der Waals surface area contributed by atoms with Crippen LogP contribution in [0.25, 0.3) is 11.1 Å². The normalized spacial score (nSPS) is 18.5. The Hall–Kier alpha value is -11.3. The molecule has 6 aromatic carbocycles. The van der Waals surface area contributed by atoms with Gasteiger partial charge in [0.15, 0.2) is 98.5 Å². The topological polar surface area (TPSA) is 500 Å². The third kappa shape index (κ3) is 8.70. The first-order valence-corrected chi connectivity index (χ1v) is 21.5. The van der Waals surface area contributed by atoms with Crippen LogP contribution >= 0.6 is 0 Å². The molecule has 30 heteroatoms. The molecule has 0 aliphatic carbocycles. The summed E-state index contributed by atoms with van der Waals surface area (Å²) in [5.41, 5.74) is -7.87. The van der Waals surface area contributed by atoms with Crippen LogP contribution in [0.3, 0.4) is 0 Å². The molecule has 9 rings (SSSR count). The summed E-state index contributed by atoms with van der Waals surface area (Å²) < 4.78 is 44.8. The lowest BCUT2D eigenvalue weighted by atomic mass is 9.91. The smallest absolute Gasteiger partial charge is 0.347 e. The first-order valence-electron chi connectivity index (χ1n) is 21.5. The Morgan fingerprint density at radius 3 is 1.35 bits per heavy atom. The lowest BCUT2D eigenvalue weighted by molar-refractivity contribution is -0.282. The molecule has 0 amide bonds. The van der Waals surface area contributed by atoms with E-state index in [0.29, 0.717) is 54.6 Å². The number of carbonyl (C=O) groups is 6. The van der Waals surface area contributed by atoms with Gasteiger partial charge in [-0.3, -0.25) is 0 Å². The highest BCUT2D eigenvalue weighted by atomic mass is 16.7. The Morgan fingerprint density at radius 2 is 0.833 bits per heavy atom. The first kappa shape index (κ1) is 51.6. The molecule has 0 radical (unpaired) electrons. The summed E-state index contributed by atoms with van der Waals surface area (Å²) in [5.74, 6) is -32.8. The number of hydrogen-bond donors (Lipinski definition) is 16. The van der Waals surface area contributed by atoms with Gasteiger partial charge in [0.05, 0.1) is 27.8 Å². The van der Waals surface area contributed by atoms with Gasteiger partial charge in [0.1, 0.15) is 18.3 Å². The number of cyclic esters (lactones) is 1. The molecule has 404 valence electrons. The van der Waals surface area contributed by atoms with E-state index in [2.05, 4.69) is 0 Å². The van der Waals surface area contributed by atoms with Crippen LogP contribution in [0.15, 0.2) is 54.6 Å². The largest absolute Gasteiger partial charge is 0.504 e. The summed E-state index contributed by atoms with van der Waals surface area (Å²) in [6.45, 7) is -1.36. The Labute approximate surface area is 429 Å². The van der Waals surface area contributed by atoms with E-state index in [1.54, 1.807) is 0 Å². The van der Waals surface area contributed by atoms with Gasteiger partial charge in [-0.2, -0.15) is 0 Å². The van der Waals surface area contributed by atoms with Crippen molar-refractivity contribution in [3.05, 3.63) is 88.0 Å². The quantitative estimate of drug-likeness (QED) is 0.0493. The molecule has 30 nitrogen and oxygen atoms in total. The van der Waals surface area contributed by atoms with Crippen LogP contribution in [0.4, 0.5) is 0 Å². The zero-order chi connectivity index (χ0) is 56.7. The van der Waals surface area contributed by atoms with E-state index in [-0.39, 0.29) is 0 Å². The summed E-state index contributed by atoms with van der Waals surface area (Å²) >= 11 is 0. The molecule has 16 N–H and O–H groups in total. The SMILES string of the molecule is O=C(O[C@@H]1O[C@@H]2COC(=O)c3cc4c(c(O)c3-c3c(cc(O)c(O)c3O)C(=O)O[C@@H]2[C@H](OC(=O)c2cc(O)c(O)c(O)c2)[C@@H]1OC(=O)c1cc(O)c(O)c(O)c1)OC(=O)c1cc(O)c(O)c(O)c1O4)c1cc(O)c(O)c(O)c1. The average molecular weight is 1090 g/mol. The Bertz CT molecular complexity index is 3570. The van der Waals surface area contributed by atoms with Gasteiger partial charge in [-0.25, -0.2) is 28.8 Å². The standard InChI is InChI=1S/C48H32O30/c49-17-1-11(2-18(50)29(17)57)42(65)76-40-39-26(73-48(78-44(67)13-5-21(53)31(59)22(54)6-13)41(40)77-43(66)12-3-19(51)30(58)20(52)4-12)10-71-45(68)15-9-25-38(74-47(70)16-8-24(56)33(61)36(64)37(16)72-25)35(63)28(15)27-14(46(69)75-39)7-23(55)32(60)34(27)62/h1-9,26,39-41,48-64H,10H2/t26-,39+,40+,41+,48+/m1/s1. The van der Waals surface area contributed by atoms with Gasteiger partial charge in [0, 0.05) is 23.3 Å². The van der Waals surface area contributed by atoms with E-state index >= 15 is 0 Å². The molecule has 6 aromatic rings. The fraction of sp³-hybridized carbons (Fsp3) is 0.125. The second-order valence-corrected chi connectivity index (χ2v) is 16.7. The predicted octanol–water partition coefficient (Wildman–Crippen LogP) is 2.70. The zero-order valence-corrected chi connectivity index (χ0v) is 38.2. The van der Waals surface area contributed by atoms with Gasteiger partial charge in [-0.15, -0.1) is 0 Å². The van der Waals surface area contributed by atoms with E-state index in [1.807, 2.05) is 0 Å². The number of aromatic hydroxyl groups is 16. The third-order valence-electron chi connectivity index (χ3n) is 11.8. The molecule has 0 aromatic heterocycles. The second kappa shape index (κ2) is 18.9. The van der Waals surface area contributed by atoms with Gasteiger partial charge in [0.2, 0.25) is 35.4 Å². The molecule has 5 atom stereocenters. The van der Waals surface area contributed by atoms with Crippen LogP contribution in [0.1, 0.15) is 62.1 Å². The number of esters is 6. The molecule has 1 saturated heterocycles. The van der Waals surface area contributed by atoms with Crippen molar-refractivity contribution in [2.75, 3.05) is 6.61 Å². The second-order valence-electron chi connectivity index (χ2n) is 16.7. The van der Waals surface area contributed by atoms with Crippen LogP contribution < -0.4 is 9.47 Å². The predicted molar refractivity (Wildman–Crippen MR) is 241 cm³/mol. The minimum Gasteiger partial charge on any atom is -0.504 e. The Balaban J connectivity index is 1.24. The molecule has 1 fully saturated rings. The minimum absolute atomic E-state index is 0.364. The Kier molecular flexibility index (Phi) is 12.5. The molecular weight excluding hydrogens is 1060 g/mol. The van der Waals surface area contributed by atoms with Crippen LogP contribution in [-0.2, 0) is 28.4 Å². The lowest BCUT2D eigenvalue weighted by Crippen LogP contribution is -2.63. The van der Waals surface area contributed by atoms with Crippen molar-refractivity contribution in [3.8, 4) is 120 Å². The molecule has 0 saturated carbocycles.